The molecule has 162 valence electrons. The van der Waals surface area contributed by atoms with E-state index in [0.717, 1.165) is 70.7 Å². The molecular weight excluding hydrogens is 382 g/mol. The largest absolute Gasteiger partial charge is 0.357 e. The summed E-state index contributed by atoms with van der Waals surface area (Å²) in [6, 6.07) is 2.66. The van der Waals surface area contributed by atoms with Crippen molar-refractivity contribution in [3.8, 4) is 0 Å². The second-order valence-corrected chi connectivity index (χ2v) is 9.49. The number of carbonyl (C=O) groups excluding carboxylic acids is 1. The number of thiophene rings is 1. The van der Waals surface area contributed by atoms with Gasteiger partial charge in [0, 0.05) is 46.3 Å². The van der Waals surface area contributed by atoms with E-state index in [4.69, 9.17) is 4.99 Å². The molecule has 6 nitrogen and oxygen atoms in total. The average molecular weight is 420 g/mol. The van der Waals surface area contributed by atoms with Gasteiger partial charge in [0.25, 0.3) is 0 Å². The number of hydrogen-bond donors (Lipinski definition) is 2. The predicted molar refractivity (Wildman–Crippen MR) is 121 cm³/mol. The summed E-state index contributed by atoms with van der Waals surface area (Å²) in [5.41, 5.74) is 1.11. The summed E-state index contributed by atoms with van der Waals surface area (Å²) in [4.78, 5) is 22.0. The highest BCUT2D eigenvalue weighted by molar-refractivity contribution is 7.07. The molecule has 1 saturated carbocycles. The van der Waals surface area contributed by atoms with Crippen LogP contribution in [0.3, 0.4) is 0 Å². The first-order valence-electron chi connectivity index (χ1n) is 11.0. The van der Waals surface area contributed by atoms with E-state index in [1.807, 2.05) is 14.1 Å². The third kappa shape index (κ3) is 5.95. The van der Waals surface area contributed by atoms with E-state index in [-0.39, 0.29) is 11.3 Å². The van der Waals surface area contributed by atoms with Crippen LogP contribution >= 0.6 is 11.3 Å². The number of nitrogens with one attached hydrogen (secondary N) is 2. The van der Waals surface area contributed by atoms with Gasteiger partial charge in [-0.1, -0.05) is 12.8 Å². The van der Waals surface area contributed by atoms with Gasteiger partial charge in [0.1, 0.15) is 0 Å². The third-order valence-corrected chi connectivity index (χ3v) is 6.95. The number of rotatable bonds is 7. The Morgan fingerprint density at radius 1 is 1.31 bits per heavy atom. The highest BCUT2D eigenvalue weighted by Crippen LogP contribution is 2.39. The standard InChI is InChI=1S/C22H37N5OS/c1-4-23-21(24-17-22(10-5-6-11-22)20(28)26(2)3)25-19-7-12-27(13-8-19)15-18-9-14-29-16-18/h9,14,16,19H,4-8,10-13,15,17H2,1-3H3,(H2,23,24,25). The molecule has 0 aromatic carbocycles. The van der Waals surface area contributed by atoms with Crippen LogP contribution in [0.2, 0.25) is 0 Å². The molecule has 0 spiro atoms. The van der Waals surface area contributed by atoms with Crippen LogP contribution in [0, 0.1) is 5.41 Å². The van der Waals surface area contributed by atoms with Crippen molar-refractivity contribution in [1.82, 2.24) is 20.4 Å². The average Bonchev–Trinajstić information content (AvgIpc) is 3.40. The van der Waals surface area contributed by atoms with Crippen molar-refractivity contribution in [1.29, 1.82) is 0 Å². The Kier molecular flexibility index (Phi) is 7.95. The molecule has 29 heavy (non-hydrogen) atoms. The van der Waals surface area contributed by atoms with E-state index in [1.54, 1.807) is 16.2 Å². The van der Waals surface area contributed by atoms with Crippen molar-refractivity contribution in [3.05, 3.63) is 22.4 Å². The van der Waals surface area contributed by atoms with Gasteiger partial charge in [-0.25, -0.2) is 0 Å². The number of piperidine rings is 1. The molecule has 1 amide bonds. The van der Waals surface area contributed by atoms with Crippen LogP contribution in [0.15, 0.2) is 21.8 Å². The molecule has 1 aromatic rings. The highest BCUT2D eigenvalue weighted by Gasteiger charge is 2.42. The zero-order valence-corrected chi connectivity index (χ0v) is 19.1. The van der Waals surface area contributed by atoms with Gasteiger partial charge in [-0.15, -0.1) is 0 Å². The van der Waals surface area contributed by atoms with E-state index in [1.165, 1.54) is 5.56 Å². The fourth-order valence-electron chi connectivity index (χ4n) is 4.59. The zero-order chi connectivity index (χ0) is 20.7. The Morgan fingerprint density at radius 2 is 2.03 bits per heavy atom. The summed E-state index contributed by atoms with van der Waals surface area (Å²) in [5, 5.41) is 11.4. The van der Waals surface area contributed by atoms with Crippen molar-refractivity contribution < 1.29 is 4.79 Å². The van der Waals surface area contributed by atoms with Crippen molar-refractivity contribution in [2.75, 3.05) is 40.3 Å². The minimum Gasteiger partial charge on any atom is -0.357 e. The van der Waals surface area contributed by atoms with Crippen molar-refractivity contribution in [2.24, 2.45) is 10.4 Å². The number of nitrogens with zero attached hydrogens (tertiary/aromatic N) is 3. The fourth-order valence-corrected chi connectivity index (χ4v) is 5.25. The molecular formula is C22H37N5OS. The number of aliphatic imine (C=N–C) groups is 1. The smallest absolute Gasteiger partial charge is 0.230 e. The lowest BCUT2D eigenvalue weighted by Crippen LogP contribution is -2.49. The van der Waals surface area contributed by atoms with Crippen molar-refractivity contribution in [2.45, 2.75) is 58.0 Å². The monoisotopic (exact) mass is 419 g/mol. The molecule has 1 aliphatic heterocycles. The molecule has 1 aromatic heterocycles. The first-order valence-corrected chi connectivity index (χ1v) is 12.0. The van der Waals surface area contributed by atoms with Crippen LogP contribution in [0.4, 0.5) is 0 Å². The van der Waals surface area contributed by atoms with Gasteiger partial charge in [-0.05, 0) is 55.0 Å². The maximum Gasteiger partial charge on any atom is 0.230 e. The Morgan fingerprint density at radius 3 is 2.62 bits per heavy atom. The molecule has 1 saturated heterocycles. The van der Waals surface area contributed by atoms with Crippen LogP contribution in [-0.4, -0.2) is 68.0 Å². The third-order valence-electron chi connectivity index (χ3n) is 6.22. The number of carbonyl (C=O) groups is 1. The molecule has 1 aliphatic carbocycles. The zero-order valence-electron chi connectivity index (χ0n) is 18.2. The Bertz CT molecular complexity index is 659. The second-order valence-electron chi connectivity index (χ2n) is 8.71. The van der Waals surface area contributed by atoms with Gasteiger partial charge in [-0.3, -0.25) is 14.7 Å². The summed E-state index contributed by atoms with van der Waals surface area (Å²) < 4.78 is 0. The van der Waals surface area contributed by atoms with Gasteiger partial charge in [0.05, 0.1) is 12.0 Å². The minimum absolute atomic E-state index is 0.233. The quantitative estimate of drug-likeness (QED) is 0.527. The molecule has 7 heteroatoms. The maximum atomic E-state index is 12.8. The van der Waals surface area contributed by atoms with Crippen LogP contribution in [-0.2, 0) is 11.3 Å². The first-order chi connectivity index (χ1) is 14.0. The van der Waals surface area contributed by atoms with Crippen LogP contribution < -0.4 is 10.6 Å². The number of guanidine groups is 1. The van der Waals surface area contributed by atoms with E-state index in [9.17, 15) is 4.79 Å². The first kappa shape index (κ1) is 22.1. The Labute approximate surface area is 179 Å². The van der Waals surface area contributed by atoms with Crippen molar-refractivity contribution in [3.63, 3.8) is 0 Å². The SMILES string of the molecule is CCNC(=NCC1(C(=O)N(C)C)CCCC1)NC1CCN(Cc2ccsc2)CC1. The summed E-state index contributed by atoms with van der Waals surface area (Å²) >= 11 is 1.77. The number of amides is 1. The van der Waals surface area contributed by atoms with E-state index in [2.05, 4.69) is 39.3 Å². The van der Waals surface area contributed by atoms with Gasteiger partial charge in [-0.2, -0.15) is 11.3 Å². The molecule has 2 fully saturated rings. The molecule has 3 rings (SSSR count). The van der Waals surface area contributed by atoms with E-state index >= 15 is 0 Å². The second kappa shape index (κ2) is 10.4. The topological polar surface area (TPSA) is 60.0 Å². The maximum absolute atomic E-state index is 12.8. The lowest BCUT2D eigenvalue weighted by molar-refractivity contribution is -0.138. The summed E-state index contributed by atoms with van der Waals surface area (Å²) in [7, 11) is 3.72. The Balaban J connectivity index is 1.55. The molecule has 0 atom stereocenters. The van der Waals surface area contributed by atoms with Crippen LogP contribution in [0.5, 0.6) is 0 Å². The molecule has 2 aliphatic rings. The van der Waals surface area contributed by atoms with Gasteiger partial charge >= 0.3 is 0 Å². The fraction of sp³-hybridized carbons (Fsp3) is 0.727. The lowest BCUT2D eigenvalue weighted by Gasteiger charge is -2.33. The van der Waals surface area contributed by atoms with Gasteiger partial charge in [0.15, 0.2) is 5.96 Å². The van der Waals surface area contributed by atoms with Gasteiger partial charge < -0.3 is 15.5 Å². The normalized spacial score (nSPS) is 20.6. The molecule has 0 unspecified atom stereocenters. The summed E-state index contributed by atoms with van der Waals surface area (Å²) in [5.74, 6) is 1.10. The van der Waals surface area contributed by atoms with Crippen LogP contribution in [0.25, 0.3) is 0 Å². The number of likely N-dealkylation sites (tertiary alicyclic amines) is 1. The summed E-state index contributed by atoms with van der Waals surface area (Å²) in [6.07, 6.45) is 6.40. The molecule has 2 heterocycles. The van der Waals surface area contributed by atoms with Crippen molar-refractivity contribution >= 4 is 23.2 Å². The molecule has 2 N–H and O–H groups in total. The van der Waals surface area contributed by atoms with E-state index < -0.39 is 0 Å². The molecule has 0 bridgehead atoms. The number of hydrogen-bond acceptors (Lipinski definition) is 4. The predicted octanol–water partition coefficient (Wildman–Crippen LogP) is 2.92. The summed E-state index contributed by atoms with van der Waals surface area (Å²) in [6.45, 7) is 6.77. The van der Waals surface area contributed by atoms with Crippen LogP contribution in [0.1, 0.15) is 51.0 Å². The van der Waals surface area contributed by atoms with E-state index in [0.29, 0.717) is 12.6 Å². The Hall–Kier alpha value is -1.60. The molecule has 0 radical (unpaired) electrons. The lowest BCUT2D eigenvalue weighted by atomic mass is 9.85. The minimum atomic E-state index is -0.310. The van der Waals surface area contributed by atoms with Gasteiger partial charge in [0.2, 0.25) is 5.91 Å². The highest BCUT2D eigenvalue weighted by atomic mass is 32.1.